The van der Waals surface area contributed by atoms with Crippen LogP contribution in [0.5, 0.6) is 5.75 Å². The zero-order chi connectivity index (χ0) is 13.2. The van der Waals surface area contributed by atoms with Crippen LogP contribution >= 0.6 is 0 Å². The molecule has 4 nitrogen and oxygen atoms in total. The zero-order valence-corrected chi connectivity index (χ0v) is 10.3. The summed E-state index contributed by atoms with van der Waals surface area (Å²) in [5, 5.41) is 8.59. The van der Waals surface area contributed by atoms with Crippen molar-refractivity contribution in [1.82, 2.24) is 0 Å². The third-order valence-electron chi connectivity index (χ3n) is 2.31. The average Bonchev–Trinajstić information content (AvgIpc) is 2.38. The highest BCUT2D eigenvalue weighted by molar-refractivity contribution is 5.85. The number of carbonyl (C=O) groups is 1. The second kappa shape index (κ2) is 8.31. The molecule has 18 heavy (non-hydrogen) atoms. The fourth-order valence-corrected chi connectivity index (χ4v) is 1.33. The van der Waals surface area contributed by atoms with Crippen LogP contribution in [0, 0.1) is 0 Å². The van der Waals surface area contributed by atoms with Gasteiger partial charge in [-0.15, -0.1) is 0 Å². The minimum Gasteiger partial charge on any atom is -0.491 e. The lowest BCUT2D eigenvalue weighted by Crippen LogP contribution is -2.08. The normalized spacial score (nSPS) is 10.0. The molecule has 1 rings (SSSR count). The van der Waals surface area contributed by atoms with Crippen molar-refractivity contribution in [3.05, 3.63) is 42.5 Å². The molecule has 0 saturated carbocycles. The molecule has 4 heteroatoms. The molecule has 1 N–H and O–H groups in total. The van der Waals surface area contributed by atoms with E-state index in [9.17, 15) is 4.79 Å². The van der Waals surface area contributed by atoms with Gasteiger partial charge >= 0.3 is 5.97 Å². The second-order valence-electron chi connectivity index (χ2n) is 3.79. The average molecular weight is 250 g/mol. The Labute approximate surface area is 107 Å². The van der Waals surface area contributed by atoms with E-state index in [0.29, 0.717) is 32.7 Å². The molecule has 0 bridgehead atoms. The first-order valence-electron chi connectivity index (χ1n) is 5.87. The standard InChI is InChI=1S/C14H18O4/c1-12(14(15)16)6-5-9-17-10-11-18-13-7-3-2-4-8-13/h2-4,7-8H,1,5-6,9-11H2,(H,15,16). The molecule has 1 aromatic carbocycles. The van der Waals surface area contributed by atoms with Gasteiger partial charge in [-0.2, -0.15) is 0 Å². The molecule has 0 atom stereocenters. The summed E-state index contributed by atoms with van der Waals surface area (Å²) in [6.45, 7) is 4.95. The van der Waals surface area contributed by atoms with Gasteiger partial charge < -0.3 is 14.6 Å². The number of carboxylic acids is 1. The fourth-order valence-electron chi connectivity index (χ4n) is 1.33. The molecule has 0 aliphatic carbocycles. The van der Waals surface area contributed by atoms with Crippen molar-refractivity contribution < 1.29 is 19.4 Å². The van der Waals surface area contributed by atoms with Crippen molar-refractivity contribution >= 4 is 5.97 Å². The smallest absolute Gasteiger partial charge is 0.330 e. The quantitative estimate of drug-likeness (QED) is 0.540. The molecule has 0 aliphatic heterocycles. The predicted molar refractivity (Wildman–Crippen MR) is 68.8 cm³/mol. The number of rotatable bonds is 9. The first-order valence-corrected chi connectivity index (χ1v) is 5.87. The minimum atomic E-state index is -0.942. The first-order chi connectivity index (χ1) is 8.70. The highest BCUT2D eigenvalue weighted by Gasteiger charge is 2.02. The molecule has 0 heterocycles. The van der Waals surface area contributed by atoms with Crippen molar-refractivity contribution in [3.8, 4) is 5.75 Å². The van der Waals surface area contributed by atoms with E-state index in [1.807, 2.05) is 30.3 Å². The summed E-state index contributed by atoms with van der Waals surface area (Å²) in [6, 6.07) is 9.52. The van der Waals surface area contributed by atoms with Crippen molar-refractivity contribution in [2.75, 3.05) is 19.8 Å². The number of para-hydroxylation sites is 1. The van der Waals surface area contributed by atoms with Crippen LogP contribution in [0.1, 0.15) is 12.8 Å². The molecule has 0 aliphatic rings. The van der Waals surface area contributed by atoms with Crippen molar-refractivity contribution in [2.24, 2.45) is 0 Å². The zero-order valence-electron chi connectivity index (χ0n) is 10.3. The Morgan fingerprint density at radius 1 is 1.17 bits per heavy atom. The van der Waals surface area contributed by atoms with Crippen molar-refractivity contribution in [2.45, 2.75) is 12.8 Å². The summed E-state index contributed by atoms with van der Waals surface area (Å²) in [5.41, 5.74) is 0.221. The highest BCUT2D eigenvalue weighted by Crippen LogP contribution is 2.07. The van der Waals surface area contributed by atoms with E-state index in [-0.39, 0.29) is 5.57 Å². The van der Waals surface area contributed by atoms with Crippen LogP contribution in [0.25, 0.3) is 0 Å². The van der Waals surface area contributed by atoms with E-state index < -0.39 is 5.97 Å². The van der Waals surface area contributed by atoms with Crippen LogP contribution in [-0.4, -0.2) is 30.9 Å². The number of aliphatic carboxylic acids is 1. The maximum atomic E-state index is 10.5. The lowest BCUT2D eigenvalue weighted by atomic mass is 10.2. The Morgan fingerprint density at radius 2 is 1.89 bits per heavy atom. The molecule has 1 aromatic rings. The van der Waals surface area contributed by atoms with Crippen LogP contribution in [0.15, 0.2) is 42.5 Å². The lowest BCUT2D eigenvalue weighted by Gasteiger charge is -2.06. The van der Waals surface area contributed by atoms with Gasteiger partial charge in [0.05, 0.1) is 6.61 Å². The summed E-state index contributed by atoms with van der Waals surface area (Å²) in [6.07, 6.45) is 1.12. The van der Waals surface area contributed by atoms with Gasteiger partial charge in [-0.05, 0) is 25.0 Å². The van der Waals surface area contributed by atoms with Gasteiger partial charge in [-0.1, -0.05) is 24.8 Å². The van der Waals surface area contributed by atoms with Gasteiger partial charge in [-0.25, -0.2) is 4.79 Å². The molecule has 98 valence electrons. The summed E-state index contributed by atoms with van der Waals surface area (Å²) in [4.78, 5) is 10.5. The van der Waals surface area contributed by atoms with Crippen LogP contribution in [0.2, 0.25) is 0 Å². The van der Waals surface area contributed by atoms with E-state index in [4.69, 9.17) is 14.6 Å². The molecule has 0 saturated heterocycles. The van der Waals surface area contributed by atoms with Gasteiger partial charge in [0, 0.05) is 12.2 Å². The summed E-state index contributed by atoms with van der Waals surface area (Å²) >= 11 is 0. The van der Waals surface area contributed by atoms with Gasteiger partial charge in [0.25, 0.3) is 0 Å². The molecular weight excluding hydrogens is 232 g/mol. The van der Waals surface area contributed by atoms with E-state index in [1.54, 1.807) is 0 Å². The molecule has 0 aromatic heterocycles. The fraction of sp³-hybridized carbons (Fsp3) is 0.357. The molecule has 0 amide bonds. The molecule has 0 unspecified atom stereocenters. The summed E-state index contributed by atoms with van der Waals surface area (Å²) in [5.74, 6) is -0.122. The number of ether oxygens (including phenoxy) is 2. The Balaban J connectivity index is 1.96. The Kier molecular flexibility index (Phi) is 6.58. The molecule has 0 spiro atoms. The first kappa shape index (κ1) is 14.3. The second-order valence-corrected chi connectivity index (χ2v) is 3.79. The topological polar surface area (TPSA) is 55.8 Å². The van der Waals surface area contributed by atoms with Gasteiger partial charge in [0.1, 0.15) is 12.4 Å². The van der Waals surface area contributed by atoms with Crippen LogP contribution < -0.4 is 4.74 Å². The lowest BCUT2D eigenvalue weighted by molar-refractivity contribution is -0.132. The predicted octanol–water partition coefficient (Wildman–Crippen LogP) is 2.50. The maximum absolute atomic E-state index is 10.5. The molecule has 0 fully saturated rings. The van der Waals surface area contributed by atoms with Gasteiger partial charge in [0.15, 0.2) is 0 Å². The van der Waals surface area contributed by atoms with E-state index in [0.717, 1.165) is 5.75 Å². The van der Waals surface area contributed by atoms with E-state index >= 15 is 0 Å². The van der Waals surface area contributed by atoms with Crippen LogP contribution in [0.4, 0.5) is 0 Å². The number of benzene rings is 1. The van der Waals surface area contributed by atoms with Crippen LogP contribution in [0.3, 0.4) is 0 Å². The van der Waals surface area contributed by atoms with Gasteiger partial charge in [0.2, 0.25) is 0 Å². The van der Waals surface area contributed by atoms with Crippen molar-refractivity contribution in [1.29, 1.82) is 0 Å². The summed E-state index contributed by atoms with van der Waals surface area (Å²) < 4.78 is 10.8. The minimum absolute atomic E-state index is 0.221. The van der Waals surface area contributed by atoms with E-state index in [1.165, 1.54) is 0 Å². The van der Waals surface area contributed by atoms with Crippen LogP contribution in [-0.2, 0) is 9.53 Å². The molecular formula is C14H18O4. The third-order valence-corrected chi connectivity index (χ3v) is 2.31. The summed E-state index contributed by atoms with van der Waals surface area (Å²) in [7, 11) is 0. The third kappa shape index (κ3) is 6.06. The number of hydrogen-bond donors (Lipinski definition) is 1. The SMILES string of the molecule is C=C(CCCOCCOc1ccccc1)C(=O)O. The van der Waals surface area contributed by atoms with Gasteiger partial charge in [-0.3, -0.25) is 0 Å². The van der Waals surface area contributed by atoms with E-state index in [2.05, 4.69) is 6.58 Å². The Bertz CT molecular complexity index is 373. The number of hydrogen-bond acceptors (Lipinski definition) is 3. The Hall–Kier alpha value is -1.81. The Morgan fingerprint density at radius 3 is 2.56 bits per heavy atom. The van der Waals surface area contributed by atoms with Crippen molar-refractivity contribution in [3.63, 3.8) is 0 Å². The number of carboxylic acid groups (broad SMARTS) is 1. The highest BCUT2D eigenvalue weighted by atomic mass is 16.5. The molecule has 0 radical (unpaired) electrons. The monoisotopic (exact) mass is 250 g/mol. The largest absolute Gasteiger partial charge is 0.491 e. The maximum Gasteiger partial charge on any atom is 0.330 e.